The van der Waals surface area contributed by atoms with Crippen LogP contribution in [0.3, 0.4) is 0 Å². The molecule has 2 N–H and O–H groups in total. The van der Waals surface area contributed by atoms with Gasteiger partial charge in [-0.3, -0.25) is 24.5 Å². The van der Waals surface area contributed by atoms with Gasteiger partial charge in [0.2, 0.25) is 11.8 Å². The van der Waals surface area contributed by atoms with E-state index >= 15 is 0 Å². The molecule has 3 saturated heterocycles. The number of likely N-dealkylation sites (tertiary alicyclic amines) is 2. The topological polar surface area (TPSA) is 157 Å². The summed E-state index contributed by atoms with van der Waals surface area (Å²) in [4.78, 5) is 77.3. The van der Waals surface area contributed by atoms with Gasteiger partial charge in [-0.25, -0.2) is 9.18 Å². The Morgan fingerprint density at radius 3 is 1.94 bits per heavy atom. The molecule has 2 atom stereocenters. The summed E-state index contributed by atoms with van der Waals surface area (Å²) in [5.41, 5.74) is 1.07. The van der Waals surface area contributed by atoms with E-state index in [1.165, 1.54) is 24.3 Å². The Hall–Kier alpha value is -7.51. The zero-order valence-corrected chi connectivity index (χ0v) is 58.0. The standard InChI is InChI=1S/C73H83F7N8O8.3ClH/c1-83(42-43-86-35-29-60(30-36-86)96-69(93)82-63-19-12-10-17-61(63)51-14-6-4-7-15-51)65(89)20-8-5-13-34-81-59-27-21-52(22-28-59)67(91)85(3)41-40-84(2)66(90)48-94-64-46-53-16-9-11-18-62(53)70(64)31-37-87(38-32-70)39-33-71(55-23-25-58(74)26-24-55)49-88(50-95-71)68(92)54-44-56(72(75,76)77)47-57(45-54)73(78,79)80;;;/h4,6-7,9-12,14-19,21-28,44-45,47,60,64,81H,5,8,13,20,29-43,46,48-50H2,1-3H3,(H,82,93);3*1H/t64-,71+;;;/m0.../s1. The maximum absolute atomic E-state index is 14.2. The van der Waals surface area contributed by atoms with Crippen LogP contribution in [-0.4, -0.2) is 178 Å². The van der Waals surface area contributed by atoms with Gasteiger partial charge in [0.05, 0.1) is 29.5 Å². The van der Waals surface area contributed by atoms with Gasteiger partial charge < -0.3 is 48.9 Å². The summed E-state index contributed by atoms with van der Waals surface area (Å²) in [6.45, 7) is 4.96. The molecule has 10 rings (SSSR count). The smallest absolute Gasteiger partial charge is 0.416 e. The largest absolute Gasteiger partial charge is 0.446 e. The highest BCUT2D eigenvalue weighted by molar-refractivity contribution is 5.95. The molecule has 3 aliphatic heterocycles. The highest BCUT2D eigenvalue weighted by Crippen LogP contribution is 2.48. The molecule has 16 nitrogen and oxygen atoms in total. The zero-order valence-electron chi connectivity index (χ0n) is 55.6. The number of nitrogens with zero attached hydrogens (tertiary/aromatic N) is 6. The van der Waals surface area contributed by atoms with Crippen LogP contribution in [0.4, 0.5) is 46.9 Å². The number of nitrogens with one attached hydrogen (secondary N) is 2. The fourth-order valence-electron chi connectivity index (χ4n) is 13.5. The molecule has 3 fully saturated rings. The molecule has 99 heavy (non-hydrogen) atoms. The number of hydrogen-bond donors (Lipinski definition) is 2. The normalized spacial score (nSPS) is 17.7. The van der Waals surface area contributed by atoms with E-state index in [9.17, 15) is 54.7 Å². The third kappa shape index (κ3) is 20.2. The van der Waals surface area contributed by atoms with E-state index in [1.54, 1.807) is 40.9 Å². The SMILES string of the molecule is CN(CCN1CCC(OC(=O)Nc2ccccc2-c2ccccc2)CC1)C(=O)CCCCCNc1ccc(C(=O)N(C)CCN(C)C(=O)CO[C@H]2Cc3ccccc3C23CCN(CC[C@]2(c4ccc(F)cc4)CN(C(=O)c4cc(C(F)(F)F)cc(C(F)(F)F)c4)CO2)CC3)cc1.Cl.Cl.Cl. The van der Waals surface area contributed by atoms with Gasteiger partial charge in [-0.05, 0) is 147 Å². The van der Waals surface area contributed by atoms with Crippen LogP contribution in [0.15, 0.2) is 146 Å². The first kappa shape index (κ1) is 78.8. The molecule has 1 aliphatic carbocycles. The van der Waals surface area contributed by atoms with Crippen LogP contribution in [0, 0.1) is 5.82 Å². The number of anilines is 2. The van der Waals surface area contributed by atoms with Gasteiger partial charge in [-0.2, -0.15) is 26.3 Å². The third-order valence-electron chi connectivity index (χ3n) is 19.3. The molecular weight excluding hydrogens is 1360 g/mol. The average molecular weight is 1440 g/mol. The lowest BCUT2D eigenvalue weighted by Crippen LogP contribution is -2.50. The maximum atomic E-state index is 14.2. The maximum Gasteiger partial charge on any atom is 0.416 e. The van der Waals surface area contributed by atoms with E-state index in [4.69, 9.17) is 14.2 Å². The number of fused-ring (bicyclic) bond motifs is 2. The Balaban J connectivity index is 0.00000459. The molecule has 4 aliphatic rings. The molecule has 5 amide bonds. The summed E-state index contributed by atoms with van der Waals surface area (Å²) >= 11 is 0. The van der Waals surface area contributed by atoms with Gasteiger partial charge >= 0.3 is 18.4 Å². The summed E-state index contributed by atoms with van der Waals surface area (Å²) < 4.78 is 116. The number of carbonyl (C=O) groups is 5. The molecular formula is C73H86Cl3F7N8O8. The number of halogens is 10. The fourth-order valence-corrected chi connectivity index (χ4v) is 13.5. The van der Waals surface area contributed by atoms with Gasteiger partial charge in [-0.1, -0.05) is 91.3 Å². The quantitative estimate of drug-likeness (QED) is 0.0415. The van der Waals surface area contributed by atoms with Crippen molar-refractivity contribution >= 4 is 78.3 Å². The second kappa shape index (κ2) is 35.2. The Labute approximate surface area is 592 Å². The number of amides is 5. The lowest BCUT2D eigenvalue weighted by Gasteiger charge is -2.44. The predicted octanol–water partition coefficient (Wildman–Crippen LogP) is 13.9. The van der Waals surface area contributed by atoms with Crippen molar-refractivity contribution in [3.63, 3.8) is 0 Å². The number of ether oxygens (including phenoxy) is 3. The van der Waals surface area contributed by atoms with Crippen molar-refractivity contribution in [1.29, 1.82) is 0 Å². The molecule has 6 aromatic rings. The van der Waals surface area contributed by atoms with Crippen molar-refractivity contribution in [3.8, 4) is 11.1 Å². The Bertz CT molecular complexity index is 3630. The molecule has 1 spiro atoms. The van der Waals surface area contributed by atoms with Crippen molar-refractivity contribution in [2.24, 2.45) is 0 Å². The van der Waals surface area contributed by atoms with E-state index in [1.807, 2.05) is 85.9 Å². The van der Waals surface area contributed by atoms with E-state index in [0.717, 1.165) is 84.6 Å². The van der Waals surface area contributed by atoms with Gasteiger partial charge in [0.25, 0.3) is 11.8 Å². The minimum atomic E-state index is -5.15. The lowest BCUT2D eigenvalue weighted by atomic mass is 9.72. The van der Waals surface area contributed by atoms with Crippen LogP contribution in [0.1, 0.15) is 106 Å². The third-order valence-corrected chi connectivity index (χ3v) is 19.3. The fraction of sp³-hybridized carbons (Fsp3) is 0.438. The van der Waals surface area contributed by atoms with Crippen LogP contribution in [0.5, 0.6) is 0 Å². The van der Waals surface area contributed by atoms with Crippen LogP contribution < -0.4 is 10.6 Å². The van der Waals surface area contributed by atoms with Gasteiger partial charge in [0, 0.05) is 108 Å². The lowest BCUT2D eigenvalue weighted by molar-refractivity contribution is -0.143. The van der Waals surface area contributed by atoms with Crippen LogP contribution in [0.2, 0.25) is 0 Å². The Morgan fingerprint density at radius 2 is 1.26 bits per heavy atom. The van der Waals surface area contributed by atoms with Crippen LogP contribution >= 0.6 is 37.2 Å². The number of likely N-dealkylation sites (N-methyl/N-ethyl adjacent to an activating group) is 3. The summed E-state index contributed by atoms with van der Waals surface area (Å²) in [5, 5.41) is 6.34. The number of alkyl halides is 6. The summed E-state index contributed by atoms with van der Waals surface area (Å²) in [7, 11) is 5.22. The summed E-state index contributed by atoms with van der Waals surface area (Å²) in [6, 6.07) is 39.1. The molecule has 0 saturated carbocycles. The average Bonchev–Trinajstić information content (AvgIpc) is 1.61. The molecule has 0 aromatic heterocycles. The number of rotatable bonds is 25. The van der Waals surface area contributed by atoms with E-state index in [-0.39, 0.29) is 106 Å². The number of unbranched alkanes of at least 4 members (excludes halogenated alkanes) is 2. The van der Waals surface area contributed by atoms with Crippen molar-refractivity contribution in [2.75, 3.05) is 117 Å². The van der Waals surface area contributed by atoms with Gasteiger partial charge in [0.1, 0.15) is 30.9 Å². The van der Waals surface area contributed by atoms with Crippen LogP contribution in [-0.2, 0) is 53.6 Å². The van der Waals surface area contributed by atoms with Crippen LogP contribution in [0.25, 0.3) is 11.1 Å². The number of hydrogen-bond acceptors (Lipinski definition) is 11. The highest BCUT2D eigenvalue weighted by Gasteiger charge is 2.50. The molecule has 0 bridgehead atoms. The minimum absolute atomic E-state index is 0. The Morgan fingerprint density at radius 1 is 0.646 bits per heavy atom. The summed E-state index contributed by atoms with van der Waals surface area (Å²) in [6.07, 6.45) is -4.67. The molecule has 6 aromatic carbocycles. The Kier molecular flexibility index (Phi) is 28.0. The summed E-state index contributed by atoms with van der Waals surface area (Å²) in [5.74, 6) is -1.93. The van der Waals surface area contributed by atoms with Crippen molar-refractivity contribution < 1.29 is 68.9 Å². The molecule has 3 heterocycles. The monoisotopic (exact) mass is 1440 g/mol. The predicted molar refractivity (Wildman–Crippen MR) is 372 cm³/mol. The number of para-hydroxylation sites is 1. The molecule has 26 heteroatoms. The first-order valence-electron chi connectivity index (χ1n) is 32.8. The second-order valence-electron chi connectivity index (χ2n) is 25.6. The second-order valence-corrected chi connectivity index (χ2v) is 25.6. The minimum Gasteiger partial charge on any atom is -0.446 e. The van der Waals surface area contributed by atoms with Gasteiger partial charge in [-0.15, -0.1) is 37.2 Å². The zero-order chi connectivity index (χ0) is 68.2. The molecule has 536 valence electrons. The molecule has 0 unspecified atom stereocenters. The first-order chi connectivity index (χ1) is 46.0. The highest BCUT2D eigenvalue weighted by atomic mass is 35.5. The van der Waals surface area contributed by atoms with Gasteiger partial charge in [0.15, 0.2) is 0 Å². The number of carbonyl (C=O) groups excluding carboxylic acids is 5. The number of benzene rings is 6. The first-order valence-corrected chi connectivity index (χ1v) is 32.8. The van der Waals surface area contributed by atoms with Crippen molar-refractivity contribution in [1.82, 2.24) is 29.4 Å². The van der Waals surface area contributed by atoms with E-state index < -0.39 is 64.6 Å². The van der Waals surface area contributed by atoms with Crippen molar-refractivity contribution in [3.05, 3.63) is 190 Å². The molecule has 0 radical (unpaired) electrons. The van der Waals surface area contributed by atoms with Crippen molar-refractivity contribution in [2.45, 2.75) is 99.8 Å². The van der Waals surface area contributed by atoms with E-state index in [0.29, 0.717) is 87.4 Å². The number of piperidine rings is 2. The van der Waals surface area contributed by atoms with E-state index in [2.05, 4.69) is 32.6 Å².